The minimum absolute atomic E-state index is 0.0366. The highest BCUT2D eigenvalue weighted by molar-refractivity contribution is 8.00. The third-order valence-electron chi connectivity index (χ3n) is 5.81. The van der Waals surface area contributed by atoms with Crippen LogP contribution in [0.1, 0.15) is 55.3 Å². The Kier molecular flexibility index (Phi) is 7.77. The van der Waals surface area contributed by atoms with E-state index in [0.29, 0.717) is 17.0 Å². The zero-order valence-corrected chi connectivity index (χ0v) is 19.0. The van der Waals surface area contributed by atoms with Crippen LogP contribution in [0.25, 0.3) is 10.9 Å². The predicted molar refractivity (Wildman–Crippen MR) is 131 cm³/mol. The SMILES string of the molecule is O=C(CSc1ccccc1C(=O)Nc1cnc2ccccc2c1)NC1CCCCCCC1. The van der Waals surface area contributed by atoms with Crippen LogP contribution in [0.3, 0.4) is 0 Å². The molecule has 2 amide bonds. The second-order valence-corrected chi connectivity index (χ2v) is 9.28. The van der Waals surface area contributed by atoms with E-state index in [1.54, 1.807) is 12.3 Å². The lowest BCUT2D eigenvalue weighted by Crippen LogP contribution is -2.36. The molecule has 0 spiro atoms. The number of carbonyl (C=O) groups is 2. The smallest absolute Gasteiger partial charge is 0.256 e. The van der Waals surface area contributed by atoms with Crippen molar-refractivity contribution in [3.8, 4) is 0 Å². The first-order chi connectivity index (χ1) is 15.7. The van der Waals surface area contributed by atoms with Crippen molar-refractivity contribution in [3.63, 3.8) is 0 Å². The van der Waals surface area contributed by atoms with Gasteiger partial charge in [0.15, 0.2) is 0 Å². The molecule has 6 heteroatoms. The van der Waals surface area contributed by atoms with Crippen LogP contribution in [0.2, 0.25) is 0 Å². The van der Waals surface area contributed by atoms with Gasteiger partial charge in [-0.3, -0.25) is 14.6 Å². The maximum Gasteiger partial charge on any atom is 0.256 e. The van der Waals surface area contributed by atoms with E-state index in [1.165, 1.54) is 43.9 Å². The van der Waals surface area contributed by atoms with Gasteiger partial charge in [0.25, 0.3) is 5.91 Å². The molecule has 0 saturated heterocycles. The molecule has 1 aliphatic rings. The van der Waals surface area contributed by atoms with Crippen molar-refractivity contribution in [3.05, 3.63) is 66.4 Å². The van der Waals surface area contributed by atoms with Crippen LogP contribution >= 0.6 is 11.8 Å². The summed E-state index contributed by atoms with van der Waals surface area (Å²) < 4.78 is 0. The number of thioether (sulfide) groups is 1. The third kappa shape index (κ3) is 6.10. The summed E-state index contributed by atoms with van der Waals surface area (Å²) in [5.74, 6) is 0.137. The van der Waals surface area contributed by atoms with Gasteiger partial charge in [0.1, 0.15) is 0 Å². The normalized spacial score (nSPS) is 15.0. The number of amides is 2. The highest BCUT2D eigenvalue weighted by atomic mass is 32.2. The number of hydrogen-bond donors (Lipinski definition) is 2. The van der Waals surface area contributed by atoms with Gasteiger partial charge < -0.3 is 10.6 Å². The minimum atomic E-state index is -0.203. The summed E-state index contributed by atoms with van der Waals surface area (Å²) in [6.07, 6.45) is 10.00. The highest BCUT2D eigenvalue weighted by Crippen LogP contribution is 2.25. The van der Waals surface area contributed by atoms with Crippen LogP contribution in [-0.2, 0) is 4.79 Å². The number of rotatable bonds is 6. The number of anilines is 1. The van der Waals surface area contributed by atoms with Gasteiger partial charge >= 0.3 is 0 Å². The van der Waals surface area contributed by atoms with Crippen LogP contribution in [-0.4, -0.2) is 28.6 Å². The Labute approximate surface area is 193 Å². The van der Waals surface area contributed by atoms with Crippen molar-refractivity contribution in [1.82, 2.24) is 10.3 Å². The van der Waals surface area contributed by atoms with Crippen LogP contribution in [0.4, 0.5) is 5.69 Å². The molecule has 166 valence electrons. The molecular weight excluding hydrogens is 418 g/mol. The van der Waals surface area contributed by atoms with Crippen LogP contribution in [0.15, 0.2) is 65.7 Å². The number of carbonyl (C=O) groups excluding carboxylic acids is 2. The van der Waals surface area contributed by atoms with Gasteiger partial charge in [-0.05, 0) is 37.1 Å². The minimum Gasteiger partial charge on any atom is -0.353 e. The molecule has 5 nitrogen and oxygen atoms in total. The fourth-order valence-electron chi connectivity index (χ4n) is 4.13. The molecule has 1 saturated carbocycles. The van der Waals surface area contributed by atoms with Crippen LogP contribution in [0.5, 0.6) is 0 Å². The summed E-state index contributed by atoms with van der Waals surface area (Å²) in [6, 6.07) is 17.4. The zero-order chi connectivity index (χ0) is 22.2. The van der Waals surface area contributed by atoms with Crippen molar-refractivity contribution in [1.29, 1.82) is 0 Å². The summed E-state index contributed by atoms with van der Waals surface area (Å²) in [5.41, 5.74) is 2.09. The van der Waals surface area contributed by atoms with Crippen LogP contribution < -0.4 is 10.6 Å². The summed E-state index contributed by atoms with van der Waals surface area (Å²) in [6.45, 7) is 0. The molecular formula is C26H29N3O2S. The van der Waals surface area contributed by atoms with E-state index in [4.69, 9.17) is 0 Å². The molecule has 2 aromatic carbocycles. The summed E-state index contributed by atoms with van der Waals surface area (Å²) in [4.78, 5) is 30.7. The maximum absolute atomic E-state index is 13.0. The van der Waals surface area contributed by atoms with Gasteiger partial charge in [-0.25, -0.2) is 0 Å². The number of nitrogens with zero attached hydrogens (tertiary/aromatic N) is 1. The number of aromatic nitrogens is 1. The highest BCUT2D eigenvalue weighted by Gasteiger charge is 2.16. The van der Waals surface area contributed by atoms with E-state index in [2.05, 4.69) is 15.6 Å². The van der Waals surface area contributed by atoms with Gasteiger partial charge in [0, 0.05) is 16.3 Å². The Balaban J connectivity index is 1.37. The summed E-state index contributed by atoms with van der Waals surface area (Å²) in [7, 11) is 0. The van der Waals surface area contributed by atoms with Crippen molar-refractivity contribution in [2.45, 2.75) is 55.9 Å². The lowest BCUT2D eigenvalue weighted by molar-refractivity contribution is -0.119. The number of para-hydroxylation sites is 1. The number of pyridine rings is 1. The van der Waals surface area contributed by atoms with E-state index < -0.39 is 0 Å². The van der Waals surface area contributed by atoms with E-state index in [1.807, 2.05) is 48.5 Å². The number of fused-ring (bicyclic) bond motifs is 1. The molecule has 2 N–H and O–H groups in total. The molecule has 32 heavy (non-hydrogen) atoms. The number of benzene rings is 2. The van der Waals surface area contributed by atoms with E-state index in [9.17, 15) is 9.59 Å². The lowest BCUT2D eigenvalue weighted by Gasteiger charge is -2.21. The van der Waals surface area contributed by atoms with Gasteiger partial charge in [-0.15, -0.1) is 11.8 Å². The van der Waals surface area contributed by atoms with E-state index in [0.717, 1.165) is 28.6 Å². The third-order valence-corrected chi connectivity index (χ3v) is 6.88. The molecule has 0 atom stereocenters. The molecule has 0 aliphatic heterocycles. The quantitative estimate of drug-likeness (QED) is 0.468. The van der Waals surface area contributed by atoms with Gasteiger partial charge in [0.05, 0.1) is 28.7 Å². The van der Waals surface area contributed by atoms with Crippen molar-refractivity contribution >= 4 is 40.2 Å². The Morgan fingerprint density at radius 3 is 2.50 bits per heavy atom. The monoisotopic (exact) mass is 447 g/mol. The van der Waals surface area contributed by atoms with Crippen molar-refractivity contribution in [2.24, 2.45) is 0 Å². The first-order valence-corrected chi connectivity index (χ1v) is 12.3. The Bertz CT molecular complexity index is 1080. The first-order valence-electron chi connectivity index (χ1n) is 11.4. The Morgan fingerprint density at radius 1 is 0.938 bits per heavy atom. The van der Waals surface area contributed by atoms with E-state index in [-0.39, 0.29) is 17.9 Å². The predicted octanol–water partition coefficient (Wildman–Crippen LogP) is 5.81. The average molecular weight is 448 g/mol. The molecule has 1 fully saturated rings. The summed E-state index contributed by atoms with van der Waals surface area (Å²) >= 11 is 1.41. The molecule has 1 heterocycles. The maximum atomic E-state index is 13.0. The summed E-state index contributed by atoms with van der Waals surface area (Å²) in [5, 5.41) is 7.11. The van der Waals surface area contributed by atoms with Crippen molar-refractivity contribution < 1.29 is 9.59 Å². The van der Waals surface area contributed by atoms with Gasteiger partial charge in [0.2, 0.25) is 5.91 Å². The molecule has 3 aromatic rings. The standard InChI is InChI=1S/C26H29N3O2S/c30-25(28-20-11-4-2-1-3-5-12-20)18-32-24-15-9-7-13-22(24)26(31)29-21-16-19-10-6-8-14-23(19)27-17-21/h6-10,13-17,20H,1-5,11-12,18H2,(H,28,30)(H,29,31). The fraction of sp³-hybridized carbons (Fsp3) is 0.346. The fourth-order valence-corrected chi connectivity index (χ4v) is 4.99. The van der Waals surface area contributed by atoms with Gasteiger partial charge in [-0.2, -0.15) is 0 Å². The largest absolute Gasteiger partial charge is 0.353 e. The second kappa shape index (κ2) is 11.1. The topological polar surface area (TPSA) is 71.1 Å². The molecule has 0 bridgehead atoms. The Hall–Kier alpha value is -2.86. The van der Waals surface area contributed by atoms with Crippen molar-refractivity contribution in [2.75, 3.05) is 11.1 Å². The molecule has 0 radical (unpaired) electrons. The van der Waals surface area contributed by atoms with E-state index >= 15 is 0 Å². The molecule has 4 rings (SSSR count). The van der Waals surface area contributed by atoms with Gasteiger partial charge in [-0.1, -0.05) is 62.4 Å². The number of nitrogens with one attached hydrogen (secondary N) is 2. The molecule has 1 aromatic heterocycles. The lowest BCUT2D eigenvalue weighted by atomic mass is 9.97. The Morgan fingerprint density at radius 2 is 1.66 bits per heavy atom. The number of hydrogen-bond acceptors (Lipinski definition) is 4. The molecule has 0 unspecified atom stereocenters. The molecule has 1 aliphatic carbocycles. The first kappa shape index (κ1) is 22.3. The zero-order valence-electron chi connectivity index (χ0n) is 18.2. The average Bonchev–Trinajstić information content (AvgIpc) is 2.79. The van der Waals surface area contributed by atoms with Crippen LogP contribution in [0, 0.1) is 0 Å². The second-order valence-electron chi connectivity index (χ2n) is 8.27.